The normalized spacial score (nSPS) is 18.4. The quantitative estimate of drug-likeness (QED) is 0.885. The van der Waals surface area contributed by atoms with E-state index in [0.717, 1.165) is 13.1 Å². The number of carbonyl (C=O) groups excluding carboxylic acids is 1. The Bertz CT molecular complexity index is 597. The van der Waals surface area contributed by atoms with Crippen molar-refractivity contribution in [3.63, 3.8) is 0 Å². The van der Waals surface area contributed by atoms with Gasteiger partial charge in [-0.2, -0.15) is 9.97 Å². The monoisotopic (exact) mass is 335 g/mol. The van der Waals surface area contributed by atoms with Gasteiger partial charge in [0.1, 0.15) is 5.82 Å². The lowest BCUT2D eigenvalue weighted by molar-refractivity contribution is -0.131. The highest BCUT2D eigenvalue weighted by molar-refractivity contribution is 5.79. The van der Waals surface area contributed by atoms with E-state index in [4.69, 9.17) is 10.5 Å². The van der Waals surface area contributed by atoms with Crippen LogP contribution in [0.4, 0.5) is 11.8 Å². The van der Waals surface area contributed by atoms with Crippen LogP contribution in [0.15, 0.2) is 6.07 Å². The zero-order chi connectivity index (χ0) is 18.1. The van der Waals surface area contributed by atoms with Gasteiger partial charge >= 0.3 is 0 Å². The second-order valence-corrected chi connectivity index (χ2v) is 7.72. The van der Waals surface area contributed by atoms with Crippen molar-refractivity contribution in [2.45, 2.75) is 52.7 Å². The molecule has 0 aliphatic carbocycles. The lowest BCUT2D eigenvalue weighted by atomic mass is 10.1. The van der Waals surface area contributed by atoms with Crippen LogP contribution in [0.3, 0.4) is 0 Å². The summed E-state index contributed by atoms with van der Waals surface area (Å²) < 4.78 is 5.61. The Morgan fingerprint density at radius 3 is 2.62 bits per heavy atom. The Balaban J connectivity index is 2.06. The SMILES string of the molecule is CC(C)Oc1cc(N(C)CC2CC(=O)N(C(C)(C)C)C2)nc(N)n1. The number of amides is 1. The summed E-state index contributed by atoms with van der Waals surface area (Å²) >= 11 is 0. The zero-order valence-corrected chi connectivity index (χ0v) is 15.5. The van der Waals surface area contributed by atoms with Gasteiger partial charge in [-0.25, -0.2) is 0 Å². The zero-order valence-electron chi connectivity index (χ0n) is 15.5. The number of hydrogen-bond donors (Lipinski definition) is 1. The average Bonchev–Trinajstić information content (AvgIpc) is 2.78. The third-order valence-corrected chi connectivity index (χ3v) is 4.00. The molecule has 1 aliphatic rings. The molecule has 0 bridgehead atoms. The Morgan fingerprint density at radius 1 is 1.42 bits per heavy atom. The first-order valence-corrected chi connectivity index (χ1v) is 8.39. The molecule has 1 atom stereocenters. The van der Waals surface area contributed by atoms with Gasteiger partial charge in [0, 0.05) is 44.1 Å². The Kier molecular flexibility index (Phi) is 5.20. The molecule has 134 valence electrons. The molecule has 24 heavy (non-hydrogen) atoms. The van der Waals surface area contributed by atoms with E-state index in [1.54, 1.807) is 6.07 Å². The molecule has 7 heteroatoms. The van der Waals surface area contributed by atoms with Crippen molar-refractivity contribution >= 4 is 17.7 Å². The summed E-state index contributed by atoms with van der Waals surface area (Å²) in [5.41, 5.74) is 5.65. The minimum Gasteiger partial charge on any atom is -0.475 e. The highest BCUT2D eigenvalue weighted by Crippen LogP contribution is 2.27. The number of nitrogen functional groups attached to an aromatic ring is 1. The maximum atomic E-state index is 12.2. The summed E-state index contributed by atoms with van der Waals surface area (Å²) in [4.78, 5) is 24.6. The van der Waals surface area contributed by atoms with Crippen molar-refractivity contribution in [2.75, 3.05) is 30.8 Å². The smallest absolute Gasteiger partial charge is 0.225 e. The number of rotatable bonds is 5. The molecule has 2 heterocycles. The Labute approximate surface area is 144 Å². The van der Waals surface area contributed by atoms with Crippen LogP contribution in [-0.4, -0.2) is 52.6 Å². The number of carbonyl (C=O) groups is 1. The Hall–Kier alpha value is -2.05. The van der Waals surface area contributed by atoms with Gasteiger partial charge in [-0.15, -0.1) is 0 Å². The number of nitrogens with zero attached hydrogens (tertiary/aromatic N) is 4. The molecule has 0 saturated carbocycles. The van der Waals surface area contributed by atoms with E-state index in [2.05, 4.69) is 30.7 Å². The number of aromatic nitrogens is 2. The summed E-state index contributed by atoms with van der Waals surface area (Å²) in [7, 11) is 1.95. The van der Waals surface area contributed by atoms with Crippen molar-refractivity contribution < 1.29 is 9.53 Å². The molecule has 1 aromatic heterocycles. The molecule has 7 nitrogen and oxygen atoms in total. The molecule has 1 fully saturated rings. The van der Waals surface area contributed by atoms with E-state index in [0.29, 0.717) is 18.1 Å². The van der Waals surface area contributed by atoms with E-state index >= 15 is 0 Å². The summed E-state index contributed by atoms with van der Waals surface area (Å²) in [6.07, 6.45) is 0.586. The number of ether oxygens (including phenoxy) is 1. The predicted octanol–water partition coefficient (Wildman–Crippen LogP) is 1.93. The van der Waals surface area contributed by atoms with Crippen LogP contribution in [0.5, 0.6) is 5.88 Å². The molecular weight excluding hydrogens is 306 g/mol. The first-order valence-electron chi connectivity index (χ1n) is 8.39. The Morgan fingerprint density at radius 2 is 2.08 bits per heavy atom. The van der Waals surface area contributed by atoms with Gasteiger partial charge in [-0.3, -0.25) is 4.79 Å². The van der Waals surface area contributed by atoms with E-state index in [9.17, 15) is 4.79 Å². The molecule has 0 aromatic carbocycles. The lowest BCUT2D eigenvalue weighted by Crippen LogP contribution is -2.42. The predicted molar refractivity (Wildman–Crippen MR) is 95.1 cm³/mol. The minimum absolute atomic E-state index is 0.0188. The fraction of sp³-hybridized carbons (Fsp3) is 0.706. The van der Waals surface area contributed by atoms with E-state index < -0.39 is 0 Å². The maximum Gasteiger partial charge on any atom is 0.225 e. The summed E-state index contributed by atoms with van der Waals surface area (Å²) in [5, 5.41) is 0. The first kappa shape index (κ1) is 18.3. The van der Waals surface area contributed by atoms with Crippen LogP contribution >= 0.6 is 0 Å². The van der Waals surface area contributed by atoms with Gasteiger partial charge in [0.25, 0.3) is 0 Å². The second-order valence-electron chi connectivity index (χ2n) is 7.72. The highest BCUT2D eigenvalue weighted by atomic mass is 16.5. The topological polar surface area (TPSA) is 84.6 Å². The molecule has 1 aromatic rings. The molecule has 1 amide bonds. The lowest BCUT2D eigenvalue weighted by Gasteiger charge is -2.32. The maximum absolute atomic E-state index is 12.2. The molecule has 1 aliphatic heterocycles. The highest BCUT2D eigenvalue weighted by Gasteiger charge is 2.36. The van der Waals surface area contributed by atoms with Crippen LogP contribution in [0.25, 0.3) is 0 Å². The first-order chi connectivity index (χ1) is 11.1. The van der Waals surface area contributed by atoms with Crippen molar-refractivity contribution in [1.29, 1.82) is 0 Å². The van der Waals surface area contributed by atoms with Crippen molar-refractivity contribution in [3.05, 3.63) is 6.07 Å². The number of likely N-dealkylation sites (tertiary alicyclic amines) is 1. The van der Waals surface area contributed by atoms with Gasteiger partial charge in [0.05, 0.1) is 6.10 Å². The van der Waals surface area contributed by atoms with Gasteiger partial charge in [-0.05, 0) is 34.6 Å². The van der Waals surface area contributed by atoms with Gasteiger partial charge in [0.15, 0.2) is 0 Å². The van der Waals surface area contributed by atoms with Crippen LogP contribution in [0.2, 0.25) is 0 Å². The van der Waals surface area contributed by atoms with Crippen molar-refractivity contribution in [2.24, 2.45) is 5.92 Å². The van der Waals surface area contributed by atoms with Gasteiger partial charge < -0.3 is 20.3 Å². The van der Waals surface area contributed by atoms with Crippen LogP contribution in [-0.2, 0) is 4.79 Å². The van der Waals surface area contributed by atoms with E-state index in [1.807, 2.05) is 30.7 Å². The minimum atomic E-state index is -0.137. The summed E-state index contributed by atoms with van der Waals surface area (Å²) in [6.45, 7) is 11.6. The fourth-order valence-corrected chi connectivity index (χ4v) is 2.96. The van der Waals surface area contributed by atoms with Crippen LogP contribution in [0, 0.1) is 5.92 Å². The van der Waals surface area contributed by atoms with Crippen LogP contribution < -0.4 is 15.4 Å². The molecule has 1 saturated heterocycles. The summed E-state index contributed by atoms with van der Waals surface area (Å²) in [6, 6.07) is 1.79. The molecular formula is C17H29N5O2. The number of anilines is 2. The molecule has 0 spiro atoms. The van der Waals surface area contributed by atoms with Crippen molar-refractivity contribution in [3.8, 4) is 5.88 Å². The molecule has 2 N–H and O–H groups in total. The number of hydrogen-bond acceptors (Lipinski definition) is 6. The molecule has 1 unspecified atom stereocenters. The van der Waals surface area contributed by atoms with E-state index in [1.165, 1.54) is 0 Å². The third-order valence-electron chi connectivity index (χ3n) is 4.00. The van der Waals surface area contributed by atoms with Crippen LogP contribution in [0.1, 0.15) is 41.0 Å². The summed E-state index contributed by atoms with van der Waals surface area (Å²) in [5.74, 6) is 1.85. The van der Waals surface area contributed by atoms with Crippen molar-refractivity contribution in [1.82, 2.24) is 14.9 Å². The third kappa shape index (κ3) is 4.49. The largest absolute Gasteiger partial charge is 0.475 e. The van der Waals surface area contributed by atoms with Gasteiger partial charge in [0.2, 0.25) is 17.7 Å². The van der Waals surface area contributed by atoms with Gasteiger partial charge in [-0.1, -0.05) is 0 Å². The second kappa shape index (κ2) is 6.83. The fourth-order valence-electron chi connectivity index (χ4n) is 2.96. The molecule has 0 radical (unpaired) electrons. The number of nitrogens with two attached hydrogens (primary N) is 1. The standard InChI is InChI=1S/C17H29N5O2/c1-11(2)24-14-8-13(19-16(18)20-14)21(6)9-12-7-15(23)22(10-12)17(3,4)5/h8,11-12H,7,9-10H2,1-6H3,(H2,18,19,20). The van der Waals surface area contributed by atoms with E-state index in [-0.39, 0.29) is 29.4 Å². The average molecular weight is 335 g/mol. The molecule has 2 rings (SSSR count).